The number of aromatic nitrogens is 2. The van der Waals surface area contributed by atoms with Gasteiger partial charge in [-0.05, 0) is 0 Å². The Morgan fingerprint density at radius 2 is 2.12 bits per heavy atom. The number of hydrogen-bond acceptors (Lipinski definition) is 2. The van der Waals surface area contributed by atoms with E-state index in [1.54, 1.807) is 12.3 Å². The molecule has 0 aromatic carbocycles. The van der Waals surface area contributed by atoms with Gasteiger partial charge in [0.25, 0.3) is 0 Å². The molecule has 2 radical (unpaired) electrons. The first-order chi connectivity index (χ1) is 3.79. The van der Waals surface area contributed by atoms with Crippen LogP contribution in [0.2, 0.25) is 0 Å². The van der Waals surface area contributed by atoms with Crippen LogP contribution in [-0.4, -0.2) is 42.0 Å². The van der Waals surface area contributed by atoms with Gasteiger partial charge >= 0.3 is 63.6 Å². The molecule has 1 aromatic rings. The molecule has 4 heteroatoms. The molecule has 0 amide bonds. The van der Waals surface area contributed by atoms with Gasteiger partial charge in [0.15, 0.2) is 0 Å². The van der Waals surface area contributed by atoms with Gasteiger partial charge in [-0.1, -0.05) is 0 Å². The molecule has 0 spiro atoms. The van der Waals surface area contributed by atoms with Crippen LogP contribution in [0, 0.1) is 0 Å². The van der Waals surface area contributed by atoms with E-state index in [-0.39, 0.29) is 0 Å². The van der Waals surface area contributed by atoms with Gasteiger partial charge in [0, 0.05) is 0 Å². The molecule has 0 aliphatic heterocycles. The van der Waals surface area contributed by atoms with Crippen molar-refractivity contribution < 1.29 is 0 Å². The van der Waals surface area contributed by atoms with Crippen molar-refractivity contribution in [1.29, 1.82) is 0 Å². The summed E-state index contributed by atoms with van der Waals surface area (Å²) in [5, 5.41) is 0. The maximum atomic E-state index is 3.95. The fraction of sp³-hybridized carbons (Fsp3) is 0. The van der Waals surface area contributed by atoms with Gasteiger partial charge in [0.1, 0.15) is 0 Å². The second kappa shape index (κ2) is 2.60. The van der Waals surface area contributed by atoms with Gasteiger partial charge in [-0.2, -0.15) is 0 Å². The van der Waals surface area contributed by atoms with Crippen LogP contribution in [-0.2, 0) is 0 Å². The summed E-state index contributed by atoms with van der Waals surface area (Å²) in [4.78, 5) is 7.80. The third kappa shape index (κ3) is 1.57. The van der Waals surface area contributed by atoms with E-state index in [0.717, 1.165) is 4.59 Å². The van der Waals surface area contributed by atoms with Gasteiger partial charge < -0.3 is 0 Å². The molecule has 8 heavy (non-hydrogen) atoms. The summed E-state index contributed by atoms with van der Waals surface area (Å²) >= 11 is 5.47. The Morgan fingerprint density at radius 1 is 1.38 bits per heavy atom. The zero-order valence-corrected chi connectivity index (χ0v) is 7.29. The van der Waals surface area contributed by atoms with Crippen molar-refractivity contribution in [3.8, 4) is 0 Å². The summed E-state index contributed by atoms with van der Waals surface area (Å²) in [6, 6.07) is 1.81. The molecule has 2 nitrogen and oxygen atoms in total. The Bertz CT molecular complexity index is 172. The Labute approximate surface area is 63.7 Å². The molecule has 1 heterocycles. The number of nitrogens with zero attached hydrogens (tertiary/aromatic N) is 2. The van der Waals surface area contributed by atoms with E-state index in [4.69, 9.17) is 0 Å². The van der Waals surface area contributed by atoms with Crippen LogP contribution in [0.4, 0.5) is 0 Å². The normalized spacial score (nSPS) is 9.00. The molecule has 0 atom stereocenters. The molecule has 0 fully saturated rings. The molecule has 1 rings (SSSR count). The van der Waals surface area contributed by atoms with Gasteiger partial charge in [0.05, 0.1) is 0 Å². The van der Waals surface area contributed by atoms with Crippen LogP contribution in [0.1, 0.15) is 0 Å². The van der Waals surface area contributed by atoms with Crippen molar-refractivity contribution in [2.45, 2.75) is 0 Å². The third-order valence-electron chi connectivity index (χ3n) is 0.608. The predicted molar refractivity (Wildman–Crippen MR) is 32.8 cm³/mol. The molecule has 1 aromatic heterocycles. The van der Waals surface area contributed by atoms with Crippen LogP contribution in [0.15, 0.2) is 12.3 Å². The molecule has 0 unspecified atom stereocenters. The van der Waals surface area contributed by atoms with E-state index in [1.165, 1.54) is 0 Å². The van der Waals surface area contributed by atoms with Crippen molar-refractivity contribution in [3.63, 3.8) is 0 Å². The van der Waals surface area contributed by atoms with E-state index in [0.29, 0.717) is 4.72 Å². The first kappa shape index (κ1) is 6.24. The van der Waals surface area contributed by atoms with Crippen LogP contribution >= 0.6 is 0 Å². The Kier molecular flexibility index (Phi) is 2.03. The van der Waals surface area contributed by atoms with Crippen LogP contribution in [0.5, 0.6) is 0 Å². The van der Waals surface area contributed by atoms with Crippen LogP contribution in [0.25, 0.3) is 0 Å². The summed E-state index contributed by atoms with van der Waals surface area (Å²) < 4.78 is 1.55. The summed E-state index contributed by atoms with van der Waals surface area (Å²) in [6.45, 7) is 0. The molecule has 0 saturated carbocycles. The SMILES string of the molecule is [Se]c1ccnc([Se])n1. The molecule has 0 aliphatic rings. The van der Waals surface area contributed by atoms with Crippen molar-refractivity contribution in [3.05, 3.63) is 12.3 Å². The van der Waals surface area contributed by atoms with Crippen LogP contribution < -0.4 is 9.32 Å². The molecular weight excluding hydrogens is 234 g/mol. The van der Waals surface area contributed by atoms with E-state index >= 15 is 0 Å². The third-order valence-corrected chi connectivity index (χ3v) is 1.50. The van der Waals surface area contributed by atoms with Crippen molar-refractivity contribution in [2.24, 2.45) is 0 Å². The summed E-state index contributed by atoms with van der Waals surface area (Å²) in [5.74, 6) is 0. The minimum absolute atomic E-state index is 0.682. The summed E-state index contributed by atoms with van der Waals surface area (Å²) in [6.07, 6.45) is 1.70. The van der Waals surface area contributed by atoms with Gasteiger partial charge in [-0.25, -0.2) is 0 Å². The fourth-order valence-corrected chi connectivity index (χ4v) is 1.26. The van der Waals surface area contributed by atoms with Crippen molar-refractivity contribution in [1.82, 2.24) is 9.97 Å². The predicted octanol–water partition coefficient (Wildman–Crippen LogP) is -1.94. The minimum atomic E-state index is 0.682. The van der Waals surface area contributed by atoms with Gasteiger partial charge in [-0.3, -0.25) is 0 Å². The first-order valence-electron chi connectivity index (χ1n) is 1.96. The molecule has 0 N–H and O–H groups in total. The number of hydrogen-bond donors (Lipinski definition) is 0. The number of rotatable bonds is 0. The first-order valence-corrected chi connectivity index (χ1v) is 3.67. The Hall–Kier alpha value is 0.119. The maximum absolute atomic E-state index is 3.95. The standard InChI is InChI=1S/C4H2N2Se2/c7-3-1-2-5-4(8)6-3/h1-2H. The van der Waals surface area contributed by atoms with E-state index in [9.17, 15) is 0 Å². The topological polar surface area (TPSA) is 25.8 Å². The van der Waals surface area contributed by atoms with Gasteiger partial charge in [0.2, 0.25) is 0 Å². The van der Waals surface area contributed by atoms with Crippen molar-refractivity contribution in [2.75, 3.05) is 0 Å². The molecule has 40 valence electrons. The average Bonchev–Trinajstić information content (AvgIpc) is 1.64. The second-order valence-electron chi connectivity index (χ2n) is 1.18. The van der Waals surface area contributed by atoms with E-state index in [1.807, 2.05) is 0 Å². The van der Waals surface area contributed by atoms with Crippen molar-refractivity contribution >= 4 is 41.3 Å². The molecule has 0 aliphatic carbocycles. The van der Waals surface area contributed by atoms with Crippen LogP contribution in [0.3, 0.4) is 0 Å². The molecule has 0 saturated heterocycles. The Morgan fingerprint density at radius 3 is 2.50 bits per heavy atom. The molecular formula is C4H2N2Se2. The monoisotopic (exact) mass is 238 g/mol. The Balaban J connectivity index is 3.08. The average molecular weight is 236 g/mol. The molecule has 0 bridgehead atoms. The second-order valence-corrected chi connectivity index (χ2v) is 2.82. The quantitative estimate of drug-likeness (QED) is 0.490. The van der Waals surface area contributed by atoms with E-state index < -0.39 is 0 Å². The van der Waals surface area contributed by atoms with E-state index in [2.05, 4.69) is 42.0 Å². The summed E-state index contributed by atoms with van der Waals surface area (Å²) in [5.41, 5.74) is 0. The zero-order valence-electron chi connectivity index (χ0n) is 3.87. The zero-order chi connectivity index (χ0) is 5.98. The van der Waals surface area contributed by atoms with Gasteiger partial charge in [-0.15, -0.1) is 0 Å². The summed E-state index contributed by atoms with van der Waals surface area (Å²) in [7, 11) is 0. The fourth-order valence-electron chi connectivity index (χ4n) is 0.325.